The molecule has 9 heteroatoms. The van der Waals surface area contributed by atoms with Crippen LogP contribution in [0.4, 0.5) is 13.2 Å². The van der Waals surface area contributed by atoms with Crippen LogP contribution in [0.25, 0.3) is 22.6 Å². The largest absolute Gasteiger partial charge is 0.505 e. The third-order valence-electron chi connectivity index (χ3n) is 3.41. The molecule has 3 rings (SSSR count). The Morgan fingerprint density at radius 1 is 1.25 bits per heavy atom. The highest BCUT2D eigenvalue weighted by Crippen LogP contribution is 2.32. The number of halogens is 3. The predicted molar refractivity (Wildman–Crippen MR) is 84.8 cm³/mol. The summed E-state index contributed by atoms with van der Waals surface area (Å²) in [5, 5.41) is 10.3. The van der Waals surface area contributed by atoms with Crippen molar-refractivity contribution in [3.63, 3.8) is 0 Å². The number of rotatable bonds is 3. The number of fused-ring (bicyclic) bond motifs is 1. The maximum atomic E-state index is 12.8. The molecule has 0 saturated heterocycles. The summed E-state index contributed by atoms with van der Waals surface area (Å²) in [6.45, 7) is 1.93. The van der Waals surface area contributed by atoms with E-state index in [1.54, 1.807) is 17.7 Å². The molecule has 0 aromatic carbocycles. The van der Waals surface area contributed by atoms with Crippen LogP contribution in [-0.4, -0.2) is 30.4 Å². The topological polar surface area (TPSA) is 63.8 Å². The first kappa shape index (κ1) is 16.6. The summed E-state index contributed by atoms with van der Waals surface area (Å²) in [4.78, 5) is 12.1. The van der Waals surface area contributed by atoms with E-state index in [4.69, 9.17) is 0 Å². The molecule has 1 N–H and O–H groups in total. The highest BCUT2D eigenvalue weighted by atomic mass is 32.2. The van der Waals surface area contributed by atoms with E-state index >= 15 is 0 Å². The SMILES string of the molecule is CCSc1nc(-c2nc3cc(C(F)(F)F)ncc3n2C)ccc1O. The third-order valence-corrected chi connectivity index (χ3v) is 4.27. The molecule has 0 unspecified atom stereocenters. The molecule has 0 aliphatic rings. The van der Waals surface area contributed by atoms with Crippen LogP contribution in [0.1, 0.15) is 12.6 Å². The average Bonchev–Trinajstić information content (AvgIpc) is 2.85. The van der Waals surface area contributed by atoms with Crippen molar-refractivity contribution in [2.24, 2.45) is 7.05 Å². The van der Waals surface area contributed by atoms with E-state index in [-0.39, 0.29) is 11.3 Å². The Kier molecular flexibility index (Phi) is 4.12. The van der Waals surface area contributed by atoms with Crippen LogP contribution in [0.5, 0.6) is 5.75 Å². The van der Waals surface area contributed by atoms with Crippen LogP contribution in [0, 0.1) is 0 Å². The lowest BCUT2D eigenvalue weighted by atomic mass is 10.3. The van der Waals surface area contributed by atoms with Gasteiger partial charge in [0.25, 0.3) is 0 Å². The lowest BCUT2D eigenvalue weighted by Gasteiger charge is -2.06. The maximum Gasteiger partial charge on any atom is 0.433 e. The van der Waals surface area contributed by atoms with Gasteiger partial charge in [-0.3, -0.25) is 0 Å². The fourth-order valence-electron chi connectivity index (χ4n) is 2.27. The Hall–Kier alpha value is -2.29. The second-order valence-electron chi connectivity index (χ2n) is 5.00. The van der Waals surface area contributed by atoms with E-state index in [0.29, 0.717) is 22.1 Å². The van der Waals surface area contributed by atoms with E-state index < -0.39 is 11.9 Å². The number of imidazole rings is 1. The van der Waals surface area contributed by atoms with Crippen molar-refractivity contribution in [2.75, 3.05) is 5.75 Å². The van der Waals surface area contributed by atoms with Gasteiger partial charge in [-0.15, -0.1) is 11.8 Å². The van der Waals surface area contributed by atoms with Crippen LogP contribution in [-0.2, 0) is 13.2 Å². The summed E-state index contributed by atoms with van der Waals surface area (Å²) in [7, 11) is 1.68. The molecular weight excluding hydrogens is 341 g/mol. The van der Waals surface area contributed by atoms with Crippen molar-refractivity contribution in [3.05, 3.63) is 30.1 Å². The van der Waals surface area contributed by atoms with Crippen LogP contribution < -0.4 is 0 Å². The lowest BCUT2D eigenvalue weighted by Crippen LogP contribution is -2.07. The number of aryl methyl sites for hydroxylation is 1. The van der Waals surface area contributed by atoms with Crippen LogP contribution in [0.2, 0.25) is 0 Å². The standard InChI is InChI=1S/C15H13F3N4OS/c1-3-24-14-11(23)5-4-8(21-14)13-20-9-6-12(15(16,17)18)19-7-10(9)22(13)2/h4-7,23H,3H2,1-2H3. The van der Waals surface area contributed by atoms with E-state index in [1.807, 2.05) is 6.92 Å². The average molecular weight is 354 g/mol. The Bertz CT molecular complexity index is 908. The van der Waals surface area contributed by atoms with Crippen molar-refractivity contribution in [3.8, 4) is 17.3 Å². The molecular formula is C15H13F3N4OS. The molecule has 0 saturated carbocycles. The van der Waals surface area contributed by atoms with Crippen molar-refractivity contribution in [2.45, 2.75) is 18.1 Å². The highest BCUT2D eigenvalue weighted by molar-refractivity contribution is 7.99. The lowest BCUT2D eigenvalue weighted by molar-refractivity contribution is -0.141. The Labute approximate surface area is 139 Å². The zero-order valence-electron chi connectivity index (χ0n) is 12.8. The van der Waals surface area contributed by atoms with Gasteiger partial charge < -0.3 is 9.67 Å². The minimum atomic E-state index is -4.52. The number of nitrogens with zero attached hydrogens (tertiary/aromatic N) is 4. The Balaban J connectivity index is 2.13. The summed E-state index contributed by atoms with van der Waals surface area (Å²) >= 11 is 1.37. The van der Waals surface area contributed by atoms with E-state index in [2.05, 4.69) is 15.0 Å². The summed E-state index contributed by atoms with van der Waals surface area (Å²) in [5.74, 6) is 1.19. The molecule has 126 valence electrons. The number of hydrogen-bond donors (Lipinski definition) is 1. The van der Waals surface area contributed by atoms with Gasteiger partial charge in [0.15, 0.2) is 5.82 Å². The molecule has 0 aliphatic heterocycles. The van der Waals surface area contributed by atoms with Crippen LogP contribution in [0.15, 0.2) is 29.4 Å². The van der Waals surface area contributed by atoms with Gasteiger partial charge in [0.2, 0.25) is 0 Å². The number of thioether (sulfide) groups is 1. The fraction of sp³-hybridized carbons (Fsp3) is 0.267. The number of aromatic hydroxyl groups is 1. The molecule has 3 aromatic heterocycles. The summed E-state index contributed by atoms with van der Waals surface area (Å²) in [6, 6.07) is 3.99. The summed E-state index contributed by atoms with van der Waals surface area (Å²) < 4.78 is 40.0. The van der Waals surface area contributed by atoms with E-state index in [9.17, 15) is 18.3 Å². The van der Waals surface area contributed by atoms with Gasteiger partial charge in [-0.25, -0.2) is 15.0 Å². The first-order chi connectivity index (χ1) is 11.3. The minimum absolute atomic E-state index is 0.0605. The van der Waals surface area contributed by atoms with Gasteiger partial charge in [-0.2, -0.15) is 13.2 Å². The first-order valence-corrected chi connectivity index (χ1v) is 8.02. The van der Waals surface area contributed by atoms with Gasteiger partial charge in [0.05, 0.1) is 17.2 Å². The molecule has 0 amide bonds. The zero-order chi connectivity index (χ0) is 17.5. The fourth-order valence-corrected chi connectivity index (χ4v) is 2.93. The number of aromatic nitrogens is 4. The zero-order valence-corrected chi connectivity index (χ0v) is 13.6. The predicted octanol–water partition coefficient (Wildman–Crippen LogP) is 3.87. The first-order valence-electron chi connectivity index (χ1n) is 7.04. The monoisotopic (exact) mass is 354 g/mol. The molecule has 0 atom stereocenters. The third kappa shape index (κ3) is 2.91. The number of hydrogen-bond acceptors (Lipinski definition) is 5. The molecule has 0 bridgehead atoms. The highest BCUT2D eigenvalue weighted by Gasteiger charge is 2.33. The second-order valence-corrected chi connectivity index (χ2v) is 6.26. The van der Waals surface area contributed by atoms with Gasteiger partial charge in [0.1, 0.15) is 22.2 Å². The molecule has 24 heavy (non-hydrogen) atoms. The van der Waals surface area contributed by atoms with Crippen LogP contribution in [0.3, 0.4) is 0 Å². The van der Waals surface area contributed by atoms with Crippen molar-refractivity contribution >= 4 is 22.8 Å². The number of pyridine rings is 2. The van der Waals surface area contributed by atoms with Gasteiger partial charge >= 0.3 is 6.18 Å². The van der Waals surface area contributed by atoms with Crippen LogP contribution >= 0.6 is 11.8 Å². The van der Waals surface area contributed by atoms with Crippen molar-refractivity contribution < 1.29 is 18.3 Å². The Morgan fingerprint density at radius 2 is 2.00 bits per heavy atom. The molecule has 3 aromatic rings. The molecule has 3 heterocycles. The second kappa shape index (κ2) is 5.97. The normalized spacial score (nSPS) is 12.0. The molecule has 0 spiro atoms. The number of alkyl halides is 3. The summed E-state index contributed by atoms with van der Waals surface area (Å²) in [6.07, 6.45) is -3.37. The Morgan fingerprint density at radius 3 is 2.67 bits per heavy atom. The van der Waals surface area contributed by atoms with E-state index in [0.717, 1.165) is 18.0 Å². The quantitative estimate of drug-likeness (QED) is 0.724. The molecule has 0 radical (unpaired) electrons. The minimum Gasteiger partial charge on any atom is -0.505 e. The van der Waals surface area contributed by atoms with Gasteiger partial charge in [-0.1, -0.05) is 6.92 Å². The maximum absolute atomic E-state index is 12.8. The summed E-state index contributed by atoms with van der Waals surface area (Å²) in [5.41, 5.74) is 0.142. The van der Waals surface area contributed by atoms with Gasteiger partial charge in [0, 0.05) is 7.05 Å². The molecule has 0 aliphatic carbocycles. The molecule has 0 fully saturated rings. The van der Waals surface area contributed by atoms with Crippen molar-refractivity contribution in [1.82, 2.24) is 19.5 Å². The smallest absolute Gasteiger partial charge is 0.433 e. The van der Waals surface area contributed by atoms with E-state index in [1.165, 1.54) is 17.8 Å². The molecule has 5 nitrogen and oxygen atoms in total. The van der Waals surface area contributed by atoms with Crippen molar-refractivity contribution in [1.29, 1.82) is 0 Å². The van der Waals surface area contributed by atoms with Gasteiger partial charge in [-0.05, 0) is 24.0 Å².